The molecule has 34 heavy (non-hydrogen) atoms. The number of fused-ring (bicyclic) bond motifs is 2. The van der Waals surface area contributed by atoms with Crippen molar-refractivity contribution in [2.75, 3.05) is 11.1 Å². The molecule has 0 bridgehead atoms. The average Bonchev–Trinajstić information content (AvgIpc) is 2.77. The summed E-state index contributed by atoms with van der Waals surface area (Å²) in [5.74, 6) is -0.844. The predicted octanol–water partition coefficient (Wildman–Crippen LogP) is 3.89. The number of phenols is 2. The van der Waals surface area contributed by atoms with Crippen LogP contribution in [0.5, 0.6) is 11.5 Å². The monoisotopic (exact) mass is 504 g/mol. The Bertz CT molecular complexity index is 1740. The summed E-state index contributed by atoms with van der Waals surface area (Å²) in [5, 5.41) is 27.6. The second-order valence-corrected chi connectivity index (χ2v) is 9.98. The van der Waals surface area contributed by atoms with Crippen LogP contribution >= 0.6 is 0 Å². The summed E-state index contributed by atoms with van der Waals surface area (Å²) in [7, 11) is -9.68. The minimum absolute atomic E-state index is 0.0283. The van der Waals surface area contributed by atoms with Crippen LogP contribution in [0.1, 0.15) is 0 Å². The van der Waals surface area contributed by atoms with Crippen LogP contribution in [-0.2, 0) is 20.2 Å². The third-order valence-corrected chi connectivity index (χ3v) is 6.93. The first-order chi connectivity index (χ1) is 15.8. The average molecular weight is 505 g/mol. The van der Waals surface area contributed by atoms with E-state index < -0.39 is 41.5 Å². The maximum atomic E-state index is 12.0. The van der Waals surface area contributed by atoms with Crippen molar-refractivity contribution < 1.29 is 36.2 Å². The second-order valence-electron chi connectivity index (χ2n) is 7.20. The first-order valence-electron chi connectivity index (χ1n) is 9.27. The van der Waals surface area contributed by atoms with Gasteiger partial charge in [-0.05, 0) is 24.3 Å². The Hall–Kier alpha value is -3.98. The maximum Gasteiger partial charge on any atom is 0.296 e. The van der Waals surface area contributed by atoms with Gasteiger partial charge in [-0.3, -0.25) is 9.11 Å². The number of hydrogen-bond acceptors (Lipinski definition) is 10. The Morgan fingerprint density at radius 1 is 0.824 bits per heavy atom. The molecule has 12 nitrogen and oxygen atoms in total. The quantitative estimate of drug-likeness (QED) is 0.0682. The molecule has 0 fully saturated rings. The summed E-state index contributed by atoms with van der Waals surface area (Å²) in [5.41, 5.74) is 11.9. The molecular weight excluding hydrogens is 488 g/mol. The molecule has 0 saturated heterocycles. The second kappa shape index (κ2) is 7.81. The predicted molar refractivity (Wildman–Crippen MR) is 123 cm³/mol. The maximum absolute atomic E-state index is 12.0. The van der Waals surface area contributed by atoms with Crippen LogP contribution in [0.3, 0.4) is 0 Å². The lowest BCUT2D eigenvalue weighted by atomic mass is 9.98. The van der Waals surface area contributed by atoms with Crippen molar-refractivity contribution in [2.45, 2.75) is 9.79 Å². The topological polar surface area (TPSA) is 223 Å². The minimum Gasteiger partial charge on any atom is -0.507 e. The minimum atomic E-state index is -4.90. The highest BCUT2D eigenvalue weighted by Crippen LogP contribution is 2.49. The lowest BCUT2D eigenvalue weighted by Crippen LogP contribution is -2.06. The molecule has 4 aromatic carbocycles. The van der Waals surface area contributed by atoms with E-state index >= 15 is 0 Å². The van der Waals surface area contributed by atoms with Crippen molar-refractivity contribution in [1.29, 1.82) is 5.53 Å². The number of aromatic hydroxyl groups is 2. The van der Waals surface area contributed by atoms with E-state index in [1.807, 2.05) is 0 Å². The van der Waals surface area contributed by atoms with E-state index in [9.17, 15) is 36.2 Å². The van der Waals surface area contributed by atoms with E-state index in [-0.39, 0.29) is 44.4 Å². The fourth-order valence-corrected chi connectivity index (χ4v) is 4.99. The van der Waals surface area contributed by atoms with Crippen LogP contribution in [0.25, 0.3) is 21.5 Å². The Balaban J connectivity index is 2.11. The van der Waals surface area contributed by atoms with Gasteiger partial charge in [0.1, 0.15) is 27.0 Å². The van der Waals surface area contributed by atoms with E-state index in [1.54, 1.807) is 12.1 Å². The summed E-state index contributed by atoms with van der Waals surface area (Å²) in [6.45, 7) is 0. The van der Waals surface area contributed by atoms with Gasteiger partial charge in [0.25, 0.3) is 20.2 Å². The van der Waals surface area contributed by atoms with Crippen LogP contribution in [0.15, 0.2) is 63.4 Å². The van der Waals surface area contributed by atoms with Crippen molar-refractivity contribution in [3.8, 4) is 11.5 Å². The molecular formula is C20H16N4O8S2. The third kappa shape index (κ3) is 3.73. The summed E-state index contributed by atoms with van der Waals surface area (Å²) >= 11 is 0. The standard InChI is InChI=1S/C20H16N4O8S2/c21-18-15(34(30,31)32)8-13(23-9-5-6-12(24-22)14(7-9)33(27,28)29)16-17(18)20(26)11-4-2-1-3-10(11)19(16)25/h1-8,22-23,25-26H,21H2,(H,27,28,29)(H,30,31,32). The van der Waals surface area contributed by atoms with Gasteiger partial charge in [0.2, 0.25) is 0 Å². The smallest absolute Gasteiger partial charge is 0.296 e. The van der Waals surface area contributed by atoms with Crippen LogP contribution in [0.4, 0.5) is 22.7 Å². The summed E-state index contributed by atoms with van der Waals surface area (Å²) in [6, 6.07) is 10.3. The number of nitrogens with one attached hydrogen (secondary N) is 2. The molecule has 0 spiro atoms. The third-order valence-electron chi connectivity index (χ3n) is 5.16. The van der Waals surface area contributed by atoms with Crippen molar-refractivity contribution in [1.82, 2.24) is 0 Å². The van der Waals surface area contributed by atoms with Gasteiger partial charge in [-0.2, -0.15) is 21.9 Å². The van der Waals surface area contributed by atoms with Gasteiger partial charge < -0.3 is 21.3 Å². The highest BCUT2D eigenvalue weighted by molar-refractivity contribution is 7.86. The normalized spacial score (nSPS) is 12.2. The zero-order valence-electron chi connectivity index (χ0n) is 16.9. The molecule has 4 aromatic rings. The van der Waals surface area contributed by atoms with Gasteiger partial charge in [0.05, 0.1) is 22.1 Å². The molecule has 14 heteroatoms. The summed E-state index contributed by atoms with van der Waals surface area (Å²) < 4.78 is 66.5. The van der Waals surface area contributed by atoms with E-state index in [0.29, 0.717) is 0 Å². The van der Waals surface area contributed by atoms with Gasteiger partial charge in [-0.1, -0.05) is 24.3 Å². The molecule has 0 amide bonds. The Morgan fingerprint density at radius 3 is 1.91 bits per heavy atom. The van der Waals surface area contributed by atoms with E-state index in [1.165, 1.54) is 18.2 Å². The molecule has 0 atom stereocenters. The molecule has 0 radical (unpaired) electrons. The van der Waals surface area contributed by atoms with Gasteiger partial charge in [-0.25, -0.2) is 5.53 Å². The Kier molecular flexibility index (Phi) is 5.32. The zero-order valence-corrected chi connectivity index (χ0v) is 18.5. The Labute approximate surface area is 192 Å². The first-order valence-corrected chi connectivity index (χ1v) is 12.1. The van der Waals surface area contributed by atoms with Crippen LogP contribution in [-0.4, -0.2) is 36.2 Å². The van der Waals surface area contributed by atoms with Crippen LogP contribution in [0.2, 0.25) is 0 Å². The molecule has 0 aliphatic heterocycles. The van der Waals surface area contributed by atoms with Crippen LogP contribution < -0.4 is 11.1 Å². The molecule has 176 valence electrons. The van der Waals surface area contributed by atoms with Gasteiger partial charge >= 0.3 is 0 Å². The first kappa shape index (κ1) is 23.2. The van der Waals surface area contributed by atoms with Crippen molar-refractivity contribution in [2.24, 2.45) is 5.11 Å². The largest absolute Gasteiger partial charge is 0.507 e. The SMILES string of the molecule is N=Nc1ccc(Nc2cc(S(=O)(=O)O)c(N)c3c(O)c4ccccc4c(O)c23)cc1S(=O)(=O)O. The van der Waals surface area contributed by atoms with Crippen molar-refractivity contribution >= 4 is 64.5 Å². The number of benzene rings is 4. The fourth-order valence-electron chi connectivity index (χ4n) is 3.69. The molecule has 0 saturated carbocycles. The summed E-state index contributed by atoms with van der Waals surface area (Å²) in [4.78, 5) is -1.49. The molecule has 0 aliphatic carbocycles. The lowest BCUT2D eigenvalue weighted by molar-refractivity contribution is 0.477. The van der Waals surface area contributed by atoms with Gasteiger partial charge in [0, 0.05) is 16.5 Å². The molecule has 0 aromatic heterocycles. The highest BCUT2D eigenvalue weighted by Gasteiger charge is 2.25. The molecule has 0 aliphatic rings. The lowest BCUT2D eigenvalue weighted by Gasteiger charge is -2.18. The number of hydrogen-bond donors (Lipinski definition) is 7. The molecule has 0 unspecified atom stereocenters. The van der Waals surface area contributed by atoms with Gasteiger partial charge in [-0.15, -0.1) is 0 Å². The fraction of sp³-hybridized carbons (Fsp3) is 0. The number of nitrogen functional groups attached to an aromatic ring is 1. The van der Waals surface area contributed by atoms with E-state index in [4.69, 9.17) is 11.3 Å². The highest BCUT2D eigenvalue weighted by atomic mass is 32.2. The number of phenolic OH excluding ortho intramolecular Hbond substituents is 2. The van der Waals surface area contributed by atoms with Gasteiger partial charge in [0.15, 0.2) is 0 Å². The zero-order chi connectivity index (χ0) is 25.0. The molecule has 8 N–H and O–H groups in total. The van der Waals surface area contributed by atoms with Crippen LogP contribution in [0, 0.1) is 5.53 Å². The van der Waals surface area contributed by atoms with E-state index in [2.05, 4.69) is 10.4 Å². The Morgan fingerprint density at radius 2 is 1.38 bits per heavy atom. The van der Waals surface area contributed by atoms with E-state index in [0.717, 1.165) is 18.2 Å². The number of nitrogens with two attached hydrogens (primary N) is 1. The molecule has 4 rings (SSSR count). The number of rotatable bonds is 5. The number of nitrogens with zero attached hydrogens (tertiary/aromatic N) is 1. The van der Waals surface area contributed by atoms with Crippen molar-refractivity contribution in [3.05, 3.63) is 48.5 Å². The molecule has 0 heterocycles. The van der Waals surface area contributed by atoms with Crippen molar-refractivity contribution in [3.63, 3.8) is 0 Å². The summed E-state index contributed by atoms with van der Waals surface area (Å²) in [6.07, 6.45) is 0. The number of anilines is 3.